The molecule has 2 aliphatic rings. The van der Waals surface area contributed by atoms with Crippen LogP contribution in [0.15, 0.2) is 24.3 Å². The molecule has 20 heavy (non-hydrogen) atoms. The largest absolute Gasteiger partial charge is 0.315 e. The van der Waals surface area contributed by atoms with Crippen molar-refractivity contribution in [3.8, 4) is 0 Å². The quantitative estimate of drug-likeness (QED) is 0.877. The van der Waals surface area contributed by atoms with Crippen LogP contribution in [0.4, 0.5) is 5.69 Å². The molecule has 1 atom stereocenters. The van der Waals surface area contributed by atoms with Crippen molar-refractivity contribution in [2.45, 2.75) is 38.3 Å². The number of benzene rings is 1. The molecule has 2 saturated heterocycles. The number of piperidine rings is 1. The van der Waals surface area contributed by atoms with Crippen molar-refractivity contribution in [2.24, 2.45) is 0 Å². The number of carbonyl (C=O) groups excluding carboxylic acids is 1. The summed E-state index contributed by atoms with van der Waals surface area (Å²) in [6, 6.07) is 8.98. The van der Waals surface area contributed by atoms with E-state index in [1.165, 1.54) is 18.4 Å². The summed E-state index contributed by atoms with van der Waals surface area (Å²) in [6.45, 7) is 3.99. The second-order valence-electron chi connectivity index (χ2n) is 5.74. The van der Waals surface area contributed by atoms with Crippen LogP contribution in [-0.4, -0.2) is 31.6 Å². The highest BCUT2D eigenvalue weighted by Crippen LogP contribution is 2.21. The number of hydrogen-bond acceptors (Lipinski definition) is 3. The molecule has 2 N–H and O–H groups in total. The molecule has 1 aromatic rings. The van der Waals surface area contributed by atoms with Crippen LogP contribution in [0.3, 0.4) is 0 Å². The SMILES string of the molecule is O=C1CCCN1c1ccc(CNC2CCCNC2)cc1. The normalized spacial score (nSPS) is 23.3. The Kier molecular flexibility index (Phi) is 4.33. The number of hydrogen-bond donors (Lipinski definition) is 2. The molecular weight excluding hydrogens is 250 g/mol. The maximum atomic E-state index is 11.7. The molecule has 108 valence electrons. The smallest absolute Gasteiger partial charge is 0.227 e. The van der Waals surface area contributed by atoms with E-state index in [2.05, 4.69) is 34.9 Å². The van der Waals surface area contributed by atoms with Gasteiger partial charge in [-0.1, -0.05) is 12.1 Å². The van der Waals surface area contributed by atoms with Crippen LogP contribution >= 0.6 is 0 Å². The maximum Gasteiger partial charge on any atom is 0.227 e. The summed E-state index contributed by atoms with van der Waals surface area (Å²) in [5.74, 6) is 0.254. The zero-order valence-corrected chi connectivity index (χ0v) is 11.9. The molecule has 1 amide bonds. The minimum atomic E-state index is 0.254. The van der Waals surface area contributed by atoms with E-state index >= 15 is 0 Å². The predicted molar refractivity (Wildman–Crippen MR) is 80.8 cm³/mol. The second kappa shape index (κ2) is 6.37. The van der Waals surface area contributed by atoms with Crippen molar-refractivity contribution in [1.29, 1.82) is 0 Å². The van der Waals surface area contributed by atoms with Gasteiger partial charge in [-0.15, -0.1) is 0 Å². The van der Waals surface area contributed by atoms with Crippen LogP contribution in [-0.2, 0) is 11.3 Å². The average Bonchev–Trinajstić information content (AvgIpc) is 2.93. The molecule has 0 radical (unpaired) electrons. The fraction of sp³-hybridized carbons (Fsp3) is 0.562. The van der Waals surface area contributed by atoms with Crippen LogP contribution in [0.25, 0.3) is 0 Å². The molecule has 1 aromatic carbocycles. The van der Waals surface area contributed by atoms with Crippen LogP contribution < -0.4 is 15.5 Å². The fourth-order valence-corrected chi connectivity index (χ4v) is 3.00. The van der Waals surface area contributed by atoms with Crippen LogP contribution in [0.1, 0.15) is 31.2 Å². The first-order valence-electron chi connectivity index (χ1n) is 7.66. The number of anilines is 1. The van der Waals surface area contributed by atoms with Gasteiger partial charge in [0.15, 0.2) is 0 Å². The monoisotopic (exact) mass is 273 g/mol. The first-order chi connectivity index (χ1) is 9.83. The molecule has 1 unspecified atom stereocenters. The number of rotatable bonds is 4. The minimum absolute atomic E-state index is 0.254. The van der Waals surface area contributed by atoms with Gasteiger partial charge in [0.1, 0.15) is 0 Å². The van der Waals surface area contributed by atoms with Gasteiger partial charge in [-0.2, -0.15) is 0 Å². The Labute approximate surface area is 120 Å². The Bertz CT molecular complexity index is 451. The lowest BCUT2D eigenvalue weighted by atomic mass is 10.1. The van der Waals surface area contributed by atoms with E-state index in [9.17, 15) is 4.79 Å². The summed E-state index contributed by atoms with van der Waals surface area (Å²) in [5.41, 5.74) is 2.32. The lowest BCUT2D eigenvalue weighted by Gasteiger charge is -2.24. The number of amides is 1. The Balaban J connectivity index is 1.54. The van der Waals surface area contributed by atoms with E-state index < -0.39 is 0 Å². The third-order valence-corrected chi connectivity index (χ3v) is 4.21. The highest BCUT2D eigenvalue weighted by Gasteiger charge is 2.21. The zero-order chi connectivity index (χ0) is 13.8. The van der Waals surface area contributed by atoms with Gasteiger partial charge in [-0.05, 0) is 43.5 Å². The van der Waals surface area contributed by atoms with Crippen LogP contribution in [0.5, 0.6) is 0 Å². The van der Waals surface area contributed by atoms with Crippen molar-refractivity contribution < 1.29 is 4.79 Å². The molecule has 4 nitrogen and oxygen atoms in total. The van der Waals surface area contributed by atoms with E-state index in [1.54, 1.807) is 0 Å². The van der Waals surface area contributed by atoms with E-state index in [1.807, 2.05) is 4.90 Å². The summed E-state index contributed by atoms with van der Waals surface area (Å²) in [4.78, 5) is 13.6. The standard InChI is InChI=1S/C16H23N3O/c20-16-4-2-10-19(16)15-7-5-13(6-8-15)11-18-14-3-1-9-17-12-14/h5-8,14,17-18H,1-4,9-12H2. The molecule has 3 rings (SSSR count). The Morgan fingerprint density at radius 3 is 2.75 bits per heavy atom. The van der Waals surface area contributed by atoms with E-state index in [-0.39, 0.29) is 5.91 Å². The molecule has 0 bridgehead atoms. The summed E-state index contributed by atoms with van der Waals surface area (Å²) < 4.78 is 0. The minimum Gasteiger partial charge on any atom is -0.315 e. The van der Waals surface area contributed by atoms with Crippen molar-refractivity contribution in [1.82, 2.24) is 10.6 Å². The van der Waals surface area contributed by atoms with Gasteiger partial charge in [0.25, 0.3) is 0 Å². The Morgan fingerprint density at radius 1 is 1.25 bits per heavy atom. The molecule has 2 fully saturated rings. The second-order valence-corrected chi connectivity index (χ2v) is 5.74. The van der Waals surface area contributed by atoms with Crippen molar-refractivity contribution in [3.05, 3.63) is 29.8 Å². The topological polar surface area (TPSA) is 44.4 Å². The molecule has 4 heteroatoms. The maximum absolute atomic E-state index is 11.7. The Morgan fingerprint density at radius 2 is 2.10 bits per heavy atom. The van der Waals surface area contributed by atoms with Gasteiger partial charge < -0.3 is 15.5 Å². The third-order valence-electron chi connectivity index (χ3n) is 4.21. The van der Waals surface area contributed by atoms with Gasteiger partial charge in [-0.3, -0.25) is 4.79 Å². The van der Waals surface area contributed by atoms with Gasteiger partial charge in [0.05, 0.1) is 0 Å². The lowest BCUT2D eigenvalue weighted by molar-refractivity contribution is -0.117. The number of nitrogens with zero attached hydrogens (tertiary/aromatic N) is 1. The number of nitrogens with one attached hydrogen (secondary N) is 2. The van der Waals surface area contributed by atoms with Crippen molar-refractivity contribution >= 4 is 11.6 Å². The van der Waals surface area contributed by atoms with Gasteiger partial charge in [-0.25, -0.2) is 0 Å². The molecule has 0 aromatic heterocycles. The summed E-state index contributed by atoms with van der Waals surface area (Å²) >= 11 is 0. The predicted octanol–water partition coefficient (Wildman–Crippen LogP) is 1.65. The highest BCUT2D eigenvalue weighted by molar-refractivity contribution is 5.95. The van der Waals surface area contributed by atoms with Crippen molar-refractivity contribution in [3.63, 3.8) is 0 Å². The summed E-state index contributed by atoms with van der Waals surface area (Å²) in [6.07, 6.45) is 4.19. The van der Waals surface area contributed by atoms with Gasteiger partial charge >= 0.3 is 0 Å². The highest BCUT2D eigenvalue weighted by atomic mass is 16.2. The lowest BCUT2D eigenvalue weighted by Crippen LogP contribution is -2.42. The summed E-state index contributed by atoms with van der Waals surface area (Å²) in [5, 5.41) is 7.01. The van der Waals surface area contributed by atoms with Crippen LogP contribution in [0.2, 0.25) is 0 Å². The first-order valence-corrected chi connectivity index (χ1v) is 7.66. The van der Waals surface area contributed by atoms with Gasteiger partial charge in [0, 0.05) is 37.8 Å². The molecule has 0 spiro atoms. The zero-order valence-electron chi connectivity index (χ0n) is 11.9. The first kappa shape index (κ1) is 13.6. The molecule has 0 saturated carbocycles. The molecule has 2 aliphatic heterocycles. The molecule has 0 aliphatic carbocycles. The van der Waals surface area contributed by atoms with E-state index in [4.69, 9.17) is 0 Å². The van der Waals surface area contributed by atoms with Crippen LogP contribution in [0, 0.1) is 0 Å². The summed E-state index contributed by atoms with van der Waals surface area (Å²) in [7, 11) is 0. The average molecular weight is 273 g/mol. The molecular formula is C16H23N3O. The van der Waals surface area contributed by atoms with E-state index in [0.717, 1.165) is 38.3 Å². The van der Waals surface area contributed by atoms with Gasteiger partial charge in [0.2, 0.25) is 5.91 Å². The number of carbonyl (C=O) groups is 1. The fourth-order valence-electron chi connectivity index (χ4n) is 3.00. The molecule has 2 heterocycles. The third kappa shape index (κ3) is 3.19. The van der Waals surface area contributed by atoms with E-state index in [0.29, 0.717) is 12.5 Å². The Hall–Kier alpha value is -1.39. The van der Waals surface area contributed by atoms with Crippen molar-refractivity contribution in [2.75, 3.05) is 24.5 Å².